The normalized spacial score (nSPS) is 26.7. The predicted molar refractivity (Wildman–Crippen MR) is 206 cm³/mol. The number of carbonyl (C=O) groups excluding carboxylic acids is 7. The zero-order valence-corrected chi connectivity index (χ0v) is 32.7. The molecule has 4 aliphatic rings. The number of rotatable bonds is 6. The first-order valence-corrected chi connectivity index (χ1v) is 19.7. The molecule has 0 unspecified atom stereocenters. The third-order valence-corrected chi connectivity index (χ3v) is 11.2. The van der Waals surface area contributed by atoms with E-state index in [1.807, 2.05) is 38.1 Å². The van der Waals surface area contributed by atoms with Crippen LogP contribution in [0, 0.1) is 12.8 Å². The van der Waals surface area contributed by atoms with Crippen molar-refractivity contribution in [3.63, 3.8) is 0 Å². The molecule has 300 valence electrons. The van der Waals surface area contributed by atoms with Crippen molar-refractivity contribution in [2.45, 2.75) is 102 Å². The molecule has 4 fully saturated rings. The lowest BCUT2D eigenvalue weighted by Crippen LogP contribution is -2.62. The molecule has 7 amide bonds. The molecule has 0 saturated carbocycles. The molecule has 4 heterocycles. The number of hydrogen-bond donors (Lipinski definition) is 4. The van der Waals surface area contributed by atoms with E-state index in [2.05, 4.69) is 21.3 Å². The van der Waals surface area contributed by atoms with E-state index in [0.717, 1.165) is 11.1 Å². The number of urea groups is 1. The topological polar surface area (TPSA) is 187 Å². The summed E-state index contributed by atoms with van der Waals surface area (Å²) >= 11 is 6.11. The van der Waals surface area contributed by atoms with Crippen LogP contribution in [0.3, 0.4) is 0 Å². The second-order valence-electron chi connectivity index (χ2n) is 15.4. The minimum absolute atomic E-state index is 0.0512. The minimum atomic E-state index is -1.45. The predicted octanol–water partition coefficient (Wildman–Crippen LogP) is 2.54. The Morgan fingerprint density at radius 3 is 2.38 bits per heavy atom. The van der Waals surface area contributed by atoms with Crippen LogP contribution in [0.1, 0.15) is 63.5 Å². The Hall–Kier alpha value is -5.18. The molecule has 15 nitrogen and oxygen atoms in total. The molecule has 2 aromatic carbocycles. The van der Waals surface area contributed by atoms with Gasteiger partial charge in [0, 0.05) is 36.8 Å². The van der Waals surface area contributed by atoms with Crippen molar-refractivity contribution < 1.29 is 38.3 Å². The average Bonchev–Trinajstić information content (AvgIpc) is 3.82. The number of aryl methyl sites for hydroxylation is 1. The second-order valence-corrected chi connectivity index (χ2v) is 15.8. The van der Waals surface area contributed by atoms with Crippen LogP contribution in [0.4, 0.5) is 10.5 Å². The van der Waals surface area contributed by atoms with E-state index < -0.39 is 84.4 Å². The van der Waals surface area contributed by atoms with Crippen LogP contribution in [0.25, 0.3) is 0 Å². The van der Waals surface area contributed by atoms with Gasteiger partial charge in [-0.05, 0) is 82.1 Å². The third kappa shape index (κ3) is 9.43. The smallest absolute Gasteiger partial charge is 0.328 e. The Morgan fingerprint density at radius 2 is 1.61 bits per heavy atom. The number of halogens is 1. The first-order valence-electron chi connectivity index (χ1n) is 19.4. The van der Waals surface area contributed by atoms with Crippen molar-refractivity contribution in [2.24, 2.45) is 5.92 Å². The van der Waals surface area contributed by atoms with Gasteiger partial charge in [-0.2, -0.15) is 0 Å². The molecular formula is C40H50ClN7O8. The number of ether oxygens (including phenoxy) is 1. The maximum absolute atomic E-state index is 14.5. The molecule has 56 heavy (non-hydrogen) atoms. The largest absolute Gasteiger partial charge is 0.461 e. The third-order valence-electron chi connectivity index (χ3n) is 10.9. The van der Waals surface area contributed by atoms with Gasteiger partial charge in [-0.1, -0.05) is 54.4 Å². The molecule has 2 aromatic rings. The number of carbonyl (C=O) groups is 7. The van der Waals surface area contributed by atoms with Gasteiger partial charge in [-0.25, -0.2) is 9.59 Å². The maximum Gasteiger partial charge on any atom is 0.328 e. The lowest BCUT2D eigenvalue weighted by Gasteiger charge is -2.39. The summed E-state index contributed by atoms with van der Waals surface area (Å²) in [6, 6.07) is 6.87. The first-order chi connectivity index (χ1) is 26.8. The highest BCUT2D eigenvalue weighted by Gasteiger charge is 2.46. The number of hydrogen-bond acceptors (Lipinski definition) is 8. The van der Waals surface area contributed by atoms with Crippen LogP contribution in [0.5, 0.6) is 0 Å². The Kier molecular flexibility index (Phi) is 12.8. The Balaban J connectivity index is 1.30. The maximum atomic E-state index is 14.5. The van der Waals surface area contributed by atoms with E-state index in [9.17, 15) is 33.6 Å². The number of anilines is 1. The summed E-state index contributed by atoms with van der Waals surface area (Å²) < 4.78 is 5.75. The van der Waals surface area contributed by atoms with Crippen LogP contribution in [0.2, 0.25) is 5.02 Å². The summed E-state index contributed by atoms with van der Waals surface area (Å²) in [6.07, 6.45) is 2.96. The van der Waals surface area contributed by atoms with Crippen molar-refractivity contribution in [3.05, 3.63) is 64.7 Å². The monoisotopic (exact) mass is 791 g/mol. The fourth-order valence-corrected chi connectivity index (χ4v) is 8.35. The van der Waals surface area contributed by atoms with Crippen molar-refractivity contribution in [1.29, 1.82) is 0 Å². The van der Waals surface area contributed by atoms with Crippen molar-refractivity contribution in [3.8, 4) is 0 Å². The Bertz CT molecular complexity index is 1860. The van der Waals surface area contributed by atoms with E-state index in [4.69, 9.17) is 16.3 Å². The van der Waals surface area contributed by atoms with E-state index in [1.165, 1.54) is 14.7 Å². The van der Waals surface area contributed by atoms with Gasteiger partial charge < -0.3 is 40.7 Å². The molecule has 0 spiro atoms. The van der Waals surface area contributed by atoms with E-state index in [-0.39, 0.29) is 25.4 Å². The van der Waals surface area contributed by atoms with Gasteiger partial charge >= 0.3 is 12.0 Å². The molecule has 4 aliphatic heterocycles. The number of fused-ring (bicyclic) bond motifs is 3. The summed E-state index contributed by atoms with van der Waals surface area (Å²) in [7, 11) is 0. The van der Waals surface area contributed by atoms with Crippen LogP contribution in [-0.2, 0) is 39.9 Å². The highest BCUT2D eigenvalue weighted by atomic mass is 35.5. The molecular weight excluding hydrogens is 742 g/mol. The van der Waals surface area contributed by atoms with Crippen molar-refractivity contribution in [1.82, 2.24) is 30.7 Å². The van der Waals surface area contributed by atoms with Crippen LogP contribution < -0.4 is 21.3 Å². The molecule has 0 aliphatic carbocycles. The molecule has 4 saturated heterocycles. The fraction of sp³-hybridized carbons (Fsp3) is 0.525. The Labute approximate surface area is 331 Å². The molecule has 0 aromatic heterocycles. The van der Waals surface area contributed by atoms with Gasteiger partial charge in [-0.3, -0.25) is 24.0 Å². The van der Waals surface area contributed by atoms with Gasteiger partial charge in [0.05, 0.1) is 0 Å². The zero-order chi connectivity index (χ0) is 40.1. The number of piperidine rings is 1. The lowest BCUT2D eigenvalue weighted by molar-refractivity contribution is -0.158. The van der Waals surface area contributed by atoms with Crippen molar-refractivity contribution in [2.75, 3.05) is 31.6 Å². The number of nitrogens with zero attached hydrogens (tertiary/aromatic N) is 3. The van der Waals surface area contributed by atoms with Gasteiger partial charge in [-0.15, -0.1) is 0 Å². The highest BCUT2D eigenvalue weighted by Crippen LogP contribution is 2.28. The summed E-state index contributed by atoms with van der Waals surface area (Å²) in [6.45, 7) is 5.54. The zero-order valence-electron chi connectivity index (χ0n) is 31.9. The Morgan fingerprint density at radius 1 is 0.875 bits per heavy atom. The fourth-order valence-electron chi connectivity index (χ4n) is 8.16. The number of cyclic esters (lactones) is 1. The van der Waals surface area contributed by atoms with E-state index in [0.29, 0.717) is 55.8 Å². The molecule has 4 N–H and O–H groups in total. The molecule has 16 heteroatoms. The number of nitrogens with one attached hydrogen (secondary N) is 4. The summed E-state index contributed by atoms with van der Waals surface area (Å²) in [5.74, 6) is -3.52. The summed E-state index contributed by atoms with van der Waals surface area (Å²) in [5.41, 5.74) is 2.07. The average molecular weight is 792 g/mol. The lowest BCUT2D eigenvalue weighted by atomic mass is 9.99. The van der Waals surface area contributed by atoms with Crippen LogP contribution >= 0.6 is 11.6 Å². The summed E-state index contributed by atoms with van der Waals surface area (Å²) in [4.78, 5) is 102. The quantitative estimate of drug-likeness (QED) is 0.322. The standard InChI is InChI=1S/C40H50ClN7O8/c1-23-9-6-10-26(17-23)19-29(45-40(55)43-28-12-7-11-27(41)20-28)34(49)44-30-22-56-39(54)33-18-24(2)21-48(33)36(51)25(3)42-35(50)31-13-4-5-15-46(31)38(53)32-14-8-16-47(32)37(30)52/h6-7,9-12,17,20,24-25,29-33H,4-5,8,13-16,18-19,21-22H2,1-3H3,(H,42,50)(H,44,49)(H2,43,45,55)/t24-,25-,29-,30-,31-,32-,33-/m0/s1. The first kappa shape index (κ1) is 40.5. The van der Waals surface area contributed by atoms with Gasteiger partial charge in [0.1, 0.15) is 42.9 Å². The second kappa shape index (κ2) is 17.7. The number of esters is 1. The van der Waals surface area contributed by atoms with E-state index >= 15 is 0 Å². The number of amides is 7. The molecule has 7 atom stereocenters. The minimum Gasteiger partial charge on any atom is -0.461 e. The van der Waals surface area contributed by atoms with Crippen LogP contribution in [-0.4, -0.2) is 119 Å². The van der Waals surface area contributed by atoms with Crippen molar-refractivity contribution >= 4 is 58.8 Å². The van der Waals surface area contributed by atoms with Gasteiger partial charge in [0.15, 0.2) is 0 Å². The van der Waals surface area contributed by atoms with Gasteiger partial charge in [0.25, 0.3) is 0 Å². The molecule has 0 radical (unpaired) electrons. The summed E-state index contributed by atoms with van der Waals surface area (Å²) in [5, 5.41) is 11.3. The van der Waals surface area contributed by atoms with Gasteiger partial charge in [0.2, 0.25) is 29.5 Å². The molecule has 0 bridgehead atoms. The molecule has 6 rings (SSSR count). The van der Waals surface area contributed by atoms with E-state index in [1.54, 1.807) is 31.2 Å². The SMILES string of the molecule is Cc1cccc(C[C@H](NC(=O)Nc2cccc(Cl)c2)C(=O)N[C@H]2COC(=O)[C@@H]3C[C@H](C)CN3C(=O)[C@H](C)NC(=O)[C@@H]3CCCCN3C(=O)[C@@H]3CCCN3C2=O)c1. The highest BCUT2D eigenvalue weighted by molar-refractivity contribution is 6.30. The number of benzene rings is 2. The van der Waals surface area contributed by atoms with Crippen LogP contribution in [0.15, 0.2) is 48.5 Å².